The van der Waals surface area contributed by atoms with Crippen LogP contribution in [0.5, 0.6) is 5.88 Å². The molecule has 0 spiro atoms. The highest BCUT2D eigenvalue weighted by atomic mass is 19.3. The Morgan fingerprint density at radius 2 is 2.17 bits per heavy atom. The van der Waals surface area contributed by atoms with Crippen LogP contribution >= 0.6 is 0 Å². The predicted molar refractivity (Wildman–Crippen MR) is 82.9 cm³/mol. The van der Waals surface area contributed by atoms with Crippen LogP contribution in [0.15, 0.2) is 24.4 Å². The first-order valence-electron chi connectivity index (χ1n) is 8.34. The Morgan fingerprint density at radius 3 is 2.88 bits per heavy atom. The third-order valence-corrected chi connectivity index (χ3v) is 4.71. The number of aromatic nitrogens is 1. The molecule has 1 aromatic rings. The summed E-state index contributed by atoms with van der Waals surface area (Å²) in [6, 6.07) is 5.10. The maximum atomic E-state index is 14.2. The number of hydrogen-bond acceptors (Lipinski definition) is 4. The fourth-order valence-electron chi connectivity index (χ4n) is 3.17. The molecule has 2 saturated heterocycles. The predicted octanol–water partition coefficient (Wildman–Crippen LogP) is 2.37. The Bertz CT molecular complexity index is 550. The quantitative estimate of drug-likeness (QED) is 0.844. The molecule has 0 saturated carbocycles. The summed E-state index contributed by atoms with van der Waals surface area (Å²) in [6.07, 6.45) is 2.56. The maximum Gasteiger partial charge on any atom is 0.257 e. The van der Waals surface area contributed by atoms with E-state index in [9.17, 15) is 13.6 Å². The Hall–Kier alpha value is -1.76. The molecule has 0 radical (unpaired) electrons. The summed E-state index contributed by atoms with van der Waals surface area (Å²) in [4.78, 5) is 18.1. The van der Waals surface area contributed by atoms with Crippen LogP contribution in [0.2, 0.25) is 0 Å². The average molecular weight is 340 g/mol. The zero-order chi connectivity index (χ0) is 17.0. The smallest absolute Gasteiger partial charge is 0.257 e. The summed E-state index contributed by atoms with van der Waals surface area (Å²) in [5.41, 5.74) is 0. The van der Waals surface area contributed by atoms with E-state index in [1.165, 1.54) is 0 Å². The number of hydrogen-bond donors (Lipinski definition) is 0. The number of ether oxygens (including phenoxy) is 2. The van der Waals surface area contributed by atoms with Gasteiger partial charge in [-0.25, -0.2) is 13.8 Å². The number of likely N-dealkylation sites (tertiary alicyclic amines) is 1. The van der Waals surface area contributed by atoms with Gasteiger partial charge in [-0.05, 0) is 18.9 Å². The van der Waals surface area contributed by atoms with E-state index < -0.39 is 11.8 Å². The minimum Gasteiger partial charge on any atom is -0.477 e. The van der Waals surface area contributed by atoms with Crippen molar-refractivity contribution in [3.8, 4) is 5.88 Å². The molecular formula is C17H22F2N2O3. The van der Waals surface area contributed by atoms with E-state index in [-0.39, 0.29) is 37.9 Å². The fourth-order valence-corrected chi connectivity index (χ4v) is 3.17. The van der Waals surface area contributed by atoms with Crippen LogP contribution in [0.1, 0.15) is 19.3 Å². The van der Waals surface area contributed by atoms with Crippen molar-refractivity contribution < 1.29 is 23.0 Å². The number of pyridine rings is 1. The van der Waals surface area contributed by atoms with Gasteiger partial charge in [0.15, 0.2) is 0 Å². The minimum absolute atomic E-state index is 0.0238. The highest BCUT2D eigenvalue weighted by molar-refractivity contribution is 5.79. The van der Waals surface area contributed by atoms with Crippen molar-refractivity contribution in [2.24, 2.45) is 11.8 Å². The van der Waals surface area contributed by atoms with Crippen molar-refractivity contribution >= 4 is 5.91 Å². The van der Waals surface area contributed by atoms with E-state index in [1.807, 2.05) is 0 Å². The lowest BCUT2D eigenvalue weighted by Gasteiger charge is -2.39. The van der Waals surface area contributed by atoms with Gasteiger partial charge < -0.3 is 14.4 Å². The fraction of sp³-hybridized carbons (Fsp3) is 0.647. The third-order valence-electron chi connectivity index (χ3n) is 4.71. The summed E-state index contributed by atoms with van der Waals surface area (Å²) < 4.78 is 39.1. The molecule has 0 aromatic carbocycles. The normalized spacial score (nSPS) is 24.6. The van der Waals surface area contributed by atoms with E-state index >= 15 is 0 Å². The van der Waals surface area contributed by atoms with Crippen LogP contribution in [0, 0.1) is 11.8 Å². The SMILES string of the molecule is O=C(C1CCOCC1)N1CCC(F)(F)C(COc2ccccn2)C1. The molecule has 2 fully saturated rings. The number of carbonyl (C=O) groups is 1. The summed E-state index contributed by atoms with van der Waals surface area (Å²) >= 11 is 0. The molecule has 0 aliphatic carbocycles. The van der Waals surface area contributed by atoms with E-state index in [4.69, 9.17) is 9.47 Å². The van der Waals surface area contributed by atoms with Crippen LogP contribution in [0.25, 0.3) is 0 Å². The number of amides is 1. The molecule has 3 heterocycles. The zero-order valence-corrected chi connectivity index (χ0v) is 13.5. The number of carbonyl (C=O) groups excluding carboxylic acids is 1. The molecule has 1 atom stereocenters. The van der Waals surface area contributed by atoms with E-state index in [1.54, 1.807) is 29.3 Å². The highest BCUT2D eigenvalue weighted by Crippen LogP contribution is 2.35. The van der Waals surface area contributed by atoms with Crippen LogP contribution in [0.4, 0.5) is 8.78 Å². The summed E-state index contributed by atoms with van der Waals surface area (Å²) in [5.74, 6) is -3.67. The van der Waals surface area contributed by atoms with E-state index in [2.05, 4.69) is 4.98 Å². The Labute approximate surface area is 139 Å². The number of piperidine rings is 1. The maximum absolute atomic E-state index is 14.2. The first-order chi connectivity index (χ1) is 11.6. The number of nitrogens with zero attached hydrogens (tertiary/aromatic N) is 2. The molecule has 1 aromatic heterocycles. The van der Waals surface area contributed by atoms with Crippen molar-refractivity contribution in [1.82, 2.24) is 9.88 Å². The highest BCUT2D eigenvalue weighted by Gasteiger charge is 2.46. The van der Waals surface area contributed by atoms with Gasteiger partial charge in [-0.15, -0.1) is 0 Å². The van der Waals surface area contributed by atoms with Crippen molar-refractivity contribution in [2.75, 3.05) is 32.9 Å². The van der Waals surface area contributed by atoms with Gasteiger partial charge in [-0.2, -0.15) is 0 Å². The zero-order valence-electron chi connectivity index (χ0n) is 13.5. The molecule has 1 unspecified atom stereocenters. The van der Waals surface area contributed by atoms with Crippen LogP contribution in [-0.4, -0.2) is 54.6 Å². The molecule has 132 valence electrons. The first kappa shape index (κ1) is 17.1. The second-order valence-corrected chi connectivity index (χ2v) is 6.36. The van der Waals surface area contributed by atoms with Gasteiger partial charge >= 0.3 is 0 Å². The standard InChI is InChI=1S/C17H22F2N2O3/c18-17(19)6-8-21(16(22)13-4-9-23-10-5-13)11-14(17)12-24-15-3-1-2-7-20-15/h1-3,7,13-14H,4-6,8-12H2. The van der Waals surface area contributed by atoms with Gasteiger partial charge in [0.1, 0.15) is 6.61 Å². The molecule has 1 amide bonds. The molecule has 24 heavy (non-hydrogen) atoms. The van der Waals surface area contributed by atoms with E-state index in [0.29, 0.717) is 31.9 Å². The Balaban J connectivity index is 1.60. The van der Waals surface area contributed by atoms with Crippen LogP contribution in [-0.2, 0) is 9.53 Å². The third kappa shape index (κ3) is 4.01. The topological polar surface area (TPSA) is 51.7 Å². The second kappa shape index (κ2) is 7.42. The molecular weight excluding hydrogens is 318 g/mol. The molecule has 5 nitrogen and oxygen atoms in total. The monoisotopic (exact) mass is 340 g/mol. The largest absolute Gasteiger partial charge is 0.477 e. The van der Waals surface area contributed by atoms with Crippen LogP contribution in [0.3, 0.4) is 0 Å². The number of rotatable bonds is 4. The molecule has 3 rings (SSSR count). The van der Waals surface area contributed by atoms with E-state index in [0.717, 1.165) is 0 Å². The lowest BCUT2D eigenvalue weighted by molar-refractivity contribution is -0.154. The van der Waals surface area contributed by atoms with Gasteiger partial charge in [0, 0.05) is 50.9 Å². The van der Waals surface area contributed by atoms with Gasteiger partial charge in [0.25, 0.3) is 5.92 Å². The molecule has 2 aliphatic rings. The lowest BCUT2D eigenvalue weighted by atomic mass is 9.91. The molecule has 0 bridgehead atoms. The minimum atomic E-state index is -2.83. The van der Waals surface area contributed by atoms with Crippen molar-refractivity contribution in [3.05, 3.63) is 24.4 Å². The average Bonchev–Trinajstić information content (AvgIpc) is 2.61. The summed E-state index contributed by atoms with van der Waals surface area (Å²) in [5, 5.41) is 0. The van der Waals surface area contributed by atoms with Crippen molar-refractivity contribution in [3.63, 3.8) is 0 Å². The Morgan fingerprint density at radius 1 is 1.38 bits per heavy atom. The first-order valence-corrected chi connectivity index (χ1v) is 8.34. The van der Waals surface area contributed by atoms with Gasteiger partial charge in [-0.1, -0.05) is 6.07 Å². The van der Waals surface area contributed by atoms with Gasteiger partial charge in [0.2, 0.25) is 11.8 Å². The lowest BCUT2D eigenvalue weighted by Crippen LogP contribution is -2.53. The van der Waals surface area contributed by atoms with Crippen molar-refractivity contribution in [2.45, 2.75) is 25.2 Å². The molecule has 0 N–H and O–H groups in total. The van der Waals surface area contributed by atoms with Gasteiger partial charge in [-0.3, -0.25) is 4.79 Å². The number of halogens is 2. The molecule has 7 heteroatoms. The second-order valence-electron chi connectivity index (χ2n) is 6.36. The number of alkyl halides is 2. The summed E-state index contributed by atoms with van der Waals surface area (Å²) in [6.45, 7) is 1.10. The molecule has 2 aliphatic heterocycles. The van der Waals surface area contributed by atoms with Crippen molar-refractivity contribution in [1.29, 1.82) is 0 Å². The van der Waals surface area contributed by atoms with Gasteiger partial charge in [0.05, 0.1) is 5.92 Å². The summed E-state index contributed by atoms with van der Waals surface area (Å²) in [7, 11) is 0. The Kier molecular flexibility index (Phi) is 5.28. The van der Waals surface area contributed by atoms with Crippen LogP contribution < -0.4 is 4.74 Å².